The van der Waals surface area contributed by atoms with Crippen molar-refractivity contribution in [1.29, 1.82) is 0 Å². The van der Waals surface area contributed by atoms with Crippen LogP contribution in [0.15, 0.2) is 15.7 Å². The van der Waals surface area contributed by atoms with Gasteiger partial charge in [0.15, 0.2) is 9.99 Å². The molecule has 0 aromatic carbocycles. The van der Waals surface area contributed by atoms with Gasteiger partial charge in [-0.25, -0.2) is 15.0 Å². The predicted octanol–water partition coefficient (Wildman–Crippen LogP) is 2.55. The molecule has 0 radical (unpaired) electrons. The Kier molecular flexibility index (Phi) is 4.39. The van der Waals surface area contributed by atoms with Crippen LogP contribution in [0.4, 0.5) is 0 Å². The van der Waals surface area contributed by atoms with Crippen molar-refractivity contribution in [2.45, 2.75) is 9.37 Å². The van der Waals surface area contributed by atoms with E-state index >= 15 is 0 Å². The maximum atomic E-state index is 5.02. The highest BCUT2D eigenvalue weighted by molar-refractivity contribution is 8.00. The van der Waals surface area contributed by atoms with E-state index in [-0.39, 0.29) is 0 Å². The van der Waals surface area contributed by atoms with Crippen LogP contribution in [0.1, 0.15) is 0 Å². The Morgan fingerprint density at radius 3 is 3.06 bits per heavy atom. The minimum atomic E-state index is 0.727. The molecule has 2 aromatic heterocycles. The largest absolute Gasteiger partial charge is 0.384 e. The second-order valence-electron chi connectivity index (χ2n) is 2.86. The van der Waals surface area contributed by atoms with Gasteiger partial charge in [-0.15, -0.1) is 23.1 Å². The van der Waals surface area contributed by atoms with Gasteiger partial charge < -0.3 is 4.74 Å². The summed E-state index contributed by atoms with van der Waals surface area (Å²) in [5.41, 5.74) is 0.796. The molecule has 0 fully saturated rings. The molecule has 0 bridgehead atoms. The number of thioether (sulfide) groups is 2. The van der Waals surface area contributed by atoms with Gasteiger partial charge in [-0.2, -0.15) is 0 Å². The average Bonchev–Trinajstić information content (AvgIpc) is 2.73. The van der Waals surface area contributed by atoms with Gasteiger partial charge in [-0.3, -0.25) is 0 Å². The van der Waals surface area contributed by atoms with Crippen LogP contribution >= 0.6 is 34.9 Å². The number of hydrogen-bond donors (Lipinski definition) is 0. The summed E-state index contributed by atoms with van der Waals surface area (Å²) in [6, 6.07) is 0. The first-order chi connectivity index (χ1) is 7.85. The number of methoxy groups -OCH3 is 1. The first-order valence-electron chi connectivity index (χ1n) is 4.62. The fourth-order valence-corrected chi connectivity index (χ4v) is 3.61. The van der Waals surface area contributed by atoms with Gasteiger partial charge in [-0.05, 0) is 6.26 Å². The Hall–Kier alpha value is -0.370. The molecular formula is C9H11N3OS3. The van der Waals surface area contributed by atoms with Gasteiger partial charge in [-0.1, -0.05) is 11.8 Å². The first-order valence-corrected chi connectivity index (χ1v) is 7.65. The maximum Gasteiger partial charge on any atom is 0.175 e. The Bertz CT molecular complexity index is 474. The Labute approximate surface area is 106 Å². The summed E-state index contributed by atoms with van der Waals surface area (Å²) < 4.78 is 7.13. The molecule has 2 heterocycles. The van der Waals surface area contributed by atoms with E-state index in [0.29, 0.717) is 0 Å². The van der Waals surface area contributed by atoms with Crippen molar-refractivity contribution < 1.29 is 4.74 Å². The highest BCUT2D eigenvalue weighted by Gasteiger charge is 2.09. The molecule has 0 saturated heterocycles. The fraction of sp³-hybridized carbons (Fsp3) is 0.444. The highest BCUT2D eigenvalue weighted by atomic mass is 32.2. The van der Waals surface area contributed by atoms with Crippen molar-refractivity contribution in [3.8, 4) is 0 Å². The minimum Gasteiger partial charge on any atom is -0.384 e. The molecule has 4 nitrogen and oxygen atoms in total. The lowest BCUT2D eigenvalue weighted by Crippen LogP contribution is -1.92. The fourth-order valence-electron chi connectivity index (χ4n) is 1.13. The van der Waals surface area contributed by atoms with Crippen LogP contribution in [0, 0.1) is 0 Å². The molecular weight excluding hydrogens is 262 g/mol. The van der Waals surface area contributed by atoms with Gasteiger partial charge in [0.25, 0.3) is 0 Å². The number of rotatable bonds is 5. The SMILES string of the molecule is COCCSc1ncnc2nc(SC)sc12. The van der Waals surface area contributed by atoms with Crippen LogP contribution in [0.5, 0.6) is 0 Å². The third-order valence-corrected chi connectivity index (χ3v) is 4.96. The molecule has 0 N–H and O–H groups in total. The molecule has 86 valence electrons. The van der Waals surface area contributed by atoms with Crippen LogP contribution in [0.3, 0.4) is 0 Å². The molecule has 16 heavy (non-hydrogen) atoms. The van der Waals surface area contributed by atoms with Crippen LogP contribution in [-0.4, -0.2) is 40.7 Å². The lowest BCUT2D eigenvalue weighted by Gasteiger charge is -1.99. The lowest BCUT2D eigenvalue weighted by molar-refractivity contribution is 0.218. The molecule has 0 aliphatic carbocycles. The molecule has 0 aliphatic rings. The lowest BCUT2D eigenvalue weighted by atomic mass is 10.6. The van der Waals surface area contributed by atoms with Gasteiger partial charge in [0.1, 0.15) is 16.1 Å². The van der Waals surface area contributed by atoms with Crippen LogP contribution in [-0.2, 0) is 4.74 Å². The average molecular weight is 273 g/mol. The summed E-state index contributed by atoms with van der Waals surface area (Å²) in [7, 11) is 1.70. The normalized spacial score (nSPS) is 11.1. The zero-order chi connectivity index (χ0) is 11.4. The predicted molar refractivity (Wildman–Crippen MR) is 69.6 cm³/mol. The van der Waals surface area contributed by atoms with E-state index in [9.17, 15) is 0 Å². The zero-order valence-electron chi connectivity index (χ0n) is 8.97. The molecule has 0 saturated carbocycles. The molecule has 0 amide bonds. The van der Waals surface area contributed by atoms with E-state index in [2.05, 4.69) is 15.0 Å². The van der Waals surface area contributed by atoms with Crippen molar-refractivity contribution in [1.82, 2.24) is 15.0 Å². The zero-order valence-corrected chi connectivity index (χ0v) is 11.4. The monoisotopic (exact) mass is 273 g/mol. The van der Waals surface area contributed by atoms with Crippen molar-refractivity contribution >= 4 is 45.2 Å². The highest BCUT2D eigenvalue weighted by Crippen LogP contribution is 2.32. The van der Waals surface area contributed by atoms with E-state index in [4.69, 9.17) is 4.74 Å². The van der Waals surface area contributed by atoms with Crippen molar-refractivity contribution in [2.24, 2.45) is 0 Å². The molecule has 0 aliphatic heterocycles. The third kappa shape index (κ3) is 2.65. The smallest absolute Gasteiger partial charge is 0.175 e. The first kappa shape index (κ1) is 12.1. The van der Waals surface area contributed by atoms with Crippen molar-refractivity contribution in [3.63, 3.8) is 0 Å². The van der Waals surface area contributed by atoms with E-state index in [0.717, 1.165) is 32.1 Å². The summed E-state index contributed by atoms with van der Waals surface area (Å²) in [4.78, 5) is 12.9. The molecule has 0 spiro atoms. The third-order valence-electron chi connectivity index (χ3n) is 1.84. The van der Waals surface area contributed by atoms with Crippen molar-refractivity contribution in [3.05, 3.63) is 6.33 Å². The van der Waals surface area contributed by atoms with E-state index in [1.54, 1.807) is 48.3 Å². The number of nitrogens with zero attached hydrogens (tertiary/aromatic N) is 3. The Balaban J connectivity index is 2.26. The molecule has 2 rings (SSSR count). The molecule has 7 heteroatoms. The van der Waals surface area contributed by atoms with Gasteiger partial charge in [0.05, 0.1) is 6.61 Å². The van der Waals surface area contributed by atoms with Gasteiger partial charge in [0.2, 0.25) is 0 Å². The summed E-state index contributed by atoms with van der Waals surface area (Å²) in [5.74, 6) is 0.898. The second-order valence-corrected chi connectivity index (χ2v) is 5.99. The molecule has 0 atom stereocenters. The summed E-state index contributed by atoms with van der Waals surface area (Å²) in [6.45, 7) is 0.727. The maximum absolute atomic E-state index is 5.02. The second kappa shape index (κ2) is 5.81. The topological polar surface area (TPSA) is 47.9 Å². The summed E-state index contributed by atoms with van der Waals surface area (Å²) in [5, 5.41) is 1.000. The molecule has 2 aromatic rings. The van der Waals surface area contributed by atoms with Crippen LogP contribution in [0.2, 0.25) is 0 Å². The van der Waals surface area contributed by atoms with Gasteiger partial charge >= 0.3 is 0 Å². The van der Waals surface area contributed by atoms with Crippen molar-refractivity contribution in [2.75, 3.05) is 25.7 Å². The van der Waals surface area contributed by atoms with E-state index in [1.807, 2.05) is 6.26 Å². The number of fused-ring (bicyclic) bond motifs is 1. The number of ether oxygens (including phenoxy) is 1. The minimum absolute atomic E-state index is 0.727. The van der Waals surface area contributed by atoms with Crippen LogP contribution in [0.25, 0.3) is 10.3 Å². The summed E-state index contributed by atoms with van der Waals surface area (Å²) in [6.07, 6.45) is 3.59. The number of hydrogen-bond acceptors (Lipinski definition) is 7. The number of aromatic nitrogens is 3. The Morgan fingerprint density at radius 1 is 1.44 bits per heavy atom. The summed E-state index contributed by atoms with van der Waals surface area (Å²) >= 11 is 4.97. The number of thiazole rings is 1. The van der Waals surface area contributed by atoms with E-state index < -0.39 is 0 Å². The van der Waals surface area contributed by atoms with Crippen LogP contribution < -0.4 is 0 Å². The molecule has 0 unspecified atom stereocenters. The standard InChI is InChI=1S/C9H11N3OS3/c1-13-3-4-15-8-6-7(10-5-11-8)12-9(14-2)16-6/h5H,3-4H2,1-2H3. The Morgan fingerprint density at radius 2 is 2.31 bits per heavy atom. The van der Waals surface area contributed by atoms with E-state index in [1.165, 1.54) is 0 Å². The van der Waals surface area contributed by atoms with Gasteiger partial charge in [0, 0.05) is 12.9 Å². The quantitative estimate of drug-likeness (QED) is 0.474.